The van der Waals surface area contributed by atoms with E-state index < -0.39 is 0 Å². The van der Waals surface area contributed by atoms with Gasteiger partial charge in [-0.25, -0.2) is 8.78 Å². The van der Waals surface area contributed by atoms with E-state index >= 15 is 0 Å². The molecule has 2 aromatic rings. The lowest BCUT2D eigenvalue weighted by Crippen LogP contribution is -2.36. The molecule has 0 N–H and O–H groups in total. The second kappa shape index (κ2) is 11.2. The van der Waals surface area contributed by atoms with E-state index in [1.54, 1.807) is 24.3 Å². The molecular weight excluding hydrogens is 372 g/mol. The minimum absolute atomic E-state index is 0.289. The van der Waals surface area contributed by atoms with Gasteiger partial charge in [0.2, 0.25) is 0 Å². The van der Waals surface area contributed by atoms with Gasteiger partial charge >= 0.3 is 0 Å². The zero-order chi connectivity index (χ0) is 20.5. The van der Waals surface area contributed by atoms with Crippen LogP contribution in [0.2, 0.25) is 0 Å². The molecule has 1 saturated heterocycles. The zero-order valence-corrected chi connectivity index (χ0v) is 16.7. The molecule has 0 aromatic heterocycles. The van der Waals surface area contributed by atoms with Crippen molar-refractivity contribution in [2.75, 3.05) is 26.2 Å². The lowest BCUT2D eigenvalue weighted by molar-refractivity contribution is -0.108. The van der Waals surface area contributed by atoms with E-state index in [4.69, 9.17) is 4.74 Å². The Balaban J connectivity index is 1.52. The van der Waals surface area contributed by atoms with Crippen molar-refractivity contribution in [1.82, 2.24) is 4.90 Å². The maximum atomic E-state index is 13.3. The van der Waals surface area contributed by atoms with Crippen LogP contribution in [0.25, 0.3) is 0 Å². The Morgan fingerprint density at radius 2 is 1.52 bits per heavy atom. The predicted octanol–water partition coefficient (Wildman–Crippen LogP) is 5.15. The molecule has 5 heteroatoms. The number of rotatable bonds is 10. The van der Waals surface area contributed by atoms with Crippen molar-refractivity contribution in [3.8, 4) is 0 Å². The van der Waals surface area contributed by atoms with E-state index in [1.807, 2.05) is 0 Å². The second-order valence-corrected chi connectivity index (χ2v) is 7.74. The van der Waals surface area contributed by atoms with Gasteiger partial charge in [-0.1, -0.05) is 24.3 Å². The topological polar surface area (TPSA) is 29.5 Å². The van der Waals surface area contributed by atoms with Crippen molar-refractivity contribution < 1.29 is 18.3 Å². The van der Waals surface area contributed by atoms with E-state index in [-0.39, 0.29) is 17.7 Å². The summed E-state index contributed by atoms with van der Waals surface area (Å²) in [5.41, 5.74) is 1.71. The van der Waals surface area contributed by atoms with Gasteiger partial charge in [0, 0.05) is 13.0 Å². The molecule has 0 aliphatic carbocycles. The highest BCUT2D eigenvalue weighted by Crippen LogP contribution is 2.27. The summed E-state index contributed by atoms with van der Waals surface area (Å²) in [4.78, 5) is 12.9. The van der Waals surface area contributed by atoms with Crippen LogP contribution in [0.5, 0.6) is 0 Å². The van der Waals surface area contributed by atoms with Gasteiger partial charge in [-0.05, 0) is 80.1 Å². The molecule has 1 fully saturated rings. The van der Waals surface area contributed by atoms with Crippen LogP contribution in [0.4, 0.5) is 8.78 Å². The molecular formula is C24H29F2NO2. The Kier molecular flexibility index (Phi) is 8.32. The summed E-state index contributed by atoms with van der Waals surface area (Å²) in [6.45, 7) is 3.48. The third-order valence-corrected chi connectivity index (χ3v) is 5.68. The van der Waals surface area contributed by atoms with E-state index in [2.05, 4.69) is 4.90 Å². The number of likely N-dealkylation sites (tertiary alicyclic amines) is 1. The highest BCUT2D eigenvalue weighted by molar-refractivity contribution is 5.48. The zero-order valence-electron chi connectivity index (χ0n) is 16.7. The van der Waals surface area contributed by atoms with Crippen LogP contribution in [0.3, 0.4) is 0 Å². The first-order valence-electron chi connectivity index (χ1n) is 10.4. The van der Waals surface area contributed by atoms with Crippen molar-refractivity contribution in [2.45, 2.75) is 38.2 Å². The molecule has 2 aromatic carbocycles. The first kappa shape index (κ1) is 21.6. The van der Waals surface area contributed by atoms with Crippen LogP contribution in [-0.4, -0.2) is 37.4 Å². The van der Waals surface area contributed by atoms with Crippen molar-refractivity contribution >= 4 is 6.29 Å². The van der Waals surface area contributed by atoms with Gasteiger partial charge in [-0.15, -0.1) is 0 Å². The molecule has 1 aliphatic heterocycles. The number of carbonyl (C=O) groups is 1. The molecule has 0 saturated carbocycles. The third-order valence-electron chi connectivity index (χ3n) is 5.68. The lowest BCUT2D eigenvalue weighted by Gasteiger charge is -2.32. The summed E-state index contributed by atoms with van der Waals surface area (Å²) in [6.07, 6.45) is 5.79. The molecule has 3 rings (SSSR count). The molecule has 0 spiro atoms. The Labute approximate surface area is 171 Å². The Morgan fingerprint density at radius 3 is 2.03 bits per heavy atom. The number of aldehydes is 1. The summed E-state index contributed by atoms with van der Waals surface area (Å²) < 4.78 is 32.8. The van der Waals surface area contributed by atoms with Crippen molar-refractivity contribution in [3.05, 3.63) is 71.3 Å². The number of hydrogen-bond donors (Lipinski definition) is 0. The number of halogens is 2. The van der Waals surface area contributed by atoms with E-state index in [0.29, 0.717) is 13.0 Å². The lowest BCUT2D eigenvalue weighted by atomic mass is 9.92. The van der Waals surface area contributed by atoms with Crippen LogP contribution < -0.4 is 0 Å². The highest BCUT2D eigenvalue weighted by atomic mass is 19.1. The van der Waals surface area contributed by atoms with Crippen molar-refractivity contribution in [1.29, 1.82) is 0 Å². The van der Waals surface area contributed by atoms with Gasteiger partial charge in [0.25, 0.3) is 0 Å². The Morgan fingerprint density at radius 1 is 0.966 bits per heavy atom. The fourth-order valence-electron chi connectivity index (χ4n) is 3.95. The molecule has 0 unspecified atom stereocenters. The number of piperidine rings is 1. The van der Waals surface area contributed by atoms with Gasteiger partial charge in [0.05, 0.1) is 6.61 Å². The number of nitrogens with zero attached hydrogens (tertiary/aromatic N) is 1. The summed E-state index contributed by atoms with van der Waals surface area (Å²) in [6, 6.07) is 12.6. The van der Waals surface area contributed by atoms with Crippen LogP contribution in [-0.2, 0) is 9.53 Å². The number of unbranched alkanes of at least 4 members (excludes halogenated alkanes) is 1. The van der Waals surface area contributed by atoms with E-state index in [1.165, 1.54) is 24.3 Å². The van der Waals surface area contributed by atoms with Crippen molar-refractivity contribution in [3.63, 3.8) is 0 Å². The smallest absolute Gasteiger partial charge is 0.123 e. The van der Waals surface area contributed by atoms with Crippen molar-refractivity contribution in [2.24, 2.45) is 5.92 Å². The van der Waals surface area contributed by atoms with Gasteiger partial charge in [0.1, 0.15) is 24.0 Å². The first-order chi connectivity index (χ1) is 14.2. The maximum Gasteiger partial charge on any atom is 0.123 e. The second-order valence-electron chi connectivity index (χ2n) is 7.74. The highest BCUT2D eigenvalue weighted by Gasteiger charge is 2.20. The summed E-state index contributed by atoms with van der Waals surface area (Å²) in [5, 5.41) is 0. The predicted molar refractivity (Wildman–Crippen MR) is 110 cm³/mol. The fourth-order valence-corrected chi connectivity index (χ4v) is 3.95. The molecule has 156 valence electrons. The van der Waals surface area contributed by atoms with E-state index in [0.717, 1.165) is 68.6 Å². The Hall–Kier alpha value is -2.11. The van der Waals surface area contributed by atoms with Crippen LogP contribution in [0.15, 0.2) is 48.5 Å². The minimum atomic E-state index is -0.350. The largest absolute Gasteiger partial charge is 0.367 e. The summed E-state index contributed by atoms with van der Waals surface area (Å²) in [7, 11) is 0. The van der Waals surface area contributed by atoms with E-state index in [9.17, 15) is 13.6 Å². The number of carbonyl (C=O) groups excluding carboxylic acids is 1. The molecule has 29 heavy (non-hydrogen) atoms. The van der Waals surface area contributed by atoms with Gasteiger partial charge in [0.15, 0.2) is 0 Å². The third kappa shape index (κ3) is 6.72. The Bertz CT molecular complexity index is 695. The molecule has 0 bridgehead atoms. The quantitative estimate of drug-likeness (QED) is 0.407. The minimum Gasteiger partial charge on any atom is -0.367 e. The molecule has 3 nitrogen and oxygen atoms in total. The van der Waals surface area contributed by atoms with Gasteiger partial charge in [-0.3, -0.25) is 0 Å². The standard InChI is InChI=1S/C24H29F2NO2/c25-22-8-4-20(5-9-22)24(21-6-10-23(26)11-7-21)29-18-16-27-14-12-19(13-15-27)3-1-2-17-28/h4-11,17,19,24H,1-3,12-16,18H2. The fraction of sp³-hybridized carbons (Fsp3) is 0.458. The molecule has 1 heterocycles. The monoisotopic (exact) mass is 401 g/mol. The van der Waals surface area contributed by atoms with Crippen LogP contribution >= 0.6 is 0 Å². The average Bonchev–Trinajstić information content (AvgIpc) is 2.74. The molecule has 1 aliphatic rings. The molecule has 0 radical (unpaired) electrons. The number of hydrogen-bond acceptors (Lipinski definition) is 3. The van der Waals surface area contributed by atoms with Gasteiger partial charge < -0.3 is 14.4 Å². The summed E-state index contributed by atoms with van der Waals surface area (Å²) in [5.74, 6) is 0.142. The number of benzene rings is 2. The van der Waals surface area contributed by atoms with Gasteiger partial charge in [-0.2, -0.15) is 0 Å². The average molecular weight is 401 g/mol. The summed E-state index contributed by atoms with van der Waals surface area (Å²) >= 11 is 0. The molecule has 0 atom stereocenters. The SMILES string of the molecule is O=CCCCC1CCN(CCOC(c2ccc(F)cc2)c2ccc(F)cc2)CC1. The maximum absolute atomic E-state index is 13.3. The first-order valence-corrected chi connectivity index (χ1v) is 10.4. The van der Waals surface area contributed by atoms with Crippen LogP contribution in [0, 0.1) is 17.6 Å². The number of ether oxygens (including phenoxy) is 1. The normalized spacial score (nSPS) is 15.7. The van der Waals surface area contributed by atoms with Crippen LogP contribution in [0.1, 0.15) is 49.3 Å². The molecule has 0 amide bonds.